The summed E-state index contributed by atoms with van der Waals surface area (Å²) >= 11 is 0. The monoisotopic (exact) mass is 274 g/mol. The van der Waals surface area contributed by atoms with Crippen molar-refractivity contribution in [3.63, 3.8) is 0 Å². The molecule has 110 valence electrons. The Hall–Kier alpha value is -0.900. The zero-order valence-electron chi connectivity index (χ0n) is 12.5. The zero-order chi connectivity index (χ0) is 14.2. The Morgan fingerprint density at radius 2 is 1.80 bits per heavy atom. The smallest absolute Gasteiger partial charge is 0.0994 e. The molecule has 3 atom stereocenters. The Morgan fingerprint density at radius 3 is 2.40 bits per heavy atom. The Morgan fingerprint density at radius 1 is 1.20 bits per heavy atom. The number of hydrogen-bond donors (Lipinski definition) is 2. The number of fused-ring (bicyclic) bond motifs is 2. The van der Waals surface area contributed by atoms with Crippen molar-refractivity contribution in [3.8, 4) is 0 Å². The first-order valence-electron chi connectivity index (χ1n) is 7.79. The molecule has 2 N–H and O–H groups in total. The van der Waals surface area contributed by atoms with Gasteiger partial charge in [-0.3, -0.25) is 0 Å². The normalized spacial score (nSPS) is 32.3. The molecule has 0 aliphatic carbocycles. The lowest BCUT2D eigenvalue weighted by molar-refractivity contribution is 0.00456. The van der Waals surface area contributed by atoms with Crippen molar-refractivity contribution < 1.29 is 5.11 Å². The van der Waals surface area contributed by atoms with Gasteiger partial charge in [-0.1, -0.05) is 30.3 Å². The van der Waals surface area contributed by atoms with Crippen molar-refractivity contribution in [1.82, 2.24) is 10.2 Å². The molecule has 2 saturated heterocycles. The highest BCUT2D eigenvalue weighted by Crippen LogP contribution is 2.31. The van der Waals surface area contributed by atoms with E-state index < -0.39 is 5.60 Å². The highest BCUT2D eigenvalue weighted by Gasteiger charge is 2.36. The molecule has 0 saturated carbocycles. The van der Waals surface area contributed by atoms with Crippen LogP contribution < -0.4 is 5.32 Å². The molecule has 0 radical (unpaired) electrons. The number of likely N-dealkylation sites (N-methyl/N-ethyl adjacent to an activating group) is 1. The Kier molecular flexibility index (Phi) is 3.85. The standard InChI is InChI=1S/C17H26N2O/c1-17(20,13-6-4-3-5-7-13)12-19(2)16-10-14-8-9-15(11-16)18-14/h3-7,14-16,18,20H,8-12H2,1-2H3. The lowest BCUT2D eigenvalue weighted by atomic mass is 9.93. The van der Waals surface area contributed by atoms with Crippen LogP contribution in [0.25, 0.3) is 0 Å². The van der Waals surface area contributed by atoms with E-state index in [0.29, 0.717) is 24.7 Å². The topological polar surface area (TPSA) is 35.5 Å². The first-order chi connectivity index (χ1) is 9.54. The van der Waals surface area contributed by atoms with Crippen LogP contribution in [-0.2, 0) is 5.60 Å². The molecule has 3 unspecified atom stereocenters. The van der Waals surface area contributed by atoms with Gasteiger partial charge in [-0.05, 0) is 45.2 Å². The average molecular weight is 274 g/mol. The summed E-state index contributed by atoms with van der Waals surface area (Å²) < 4.78 is 0. The van der Waals surface area contributed by atoms with Crippen molar-refractivity contribution in [3.05, 3.63) is 35.9 Å². The fourth-order valence-electron chi connectivity index (χ4n) is 3.89. The zero-order valence-corrected chi connectivity index (χ0v) is 12.5. The van der Waals surface area contributed by atoms with Gasteiger partial charge < -0.3 is 15.3 Å². The number of hydrogen-bond acceptors (Lipinski definition) is 3. The molecule has 0 aromatic heterocycles. The van der Waals surface area contributed by atoms with E-state index in [1.165, 1.54) is 25.7 Å². The quantitative estimate of drug-likeness (QED) is 0.883. The molecule has 2 aliphatic rings. The fraction of sp³-hybridized carbons (Fsp3) is 0.647. The maximum Gasteiger partial charge on any atom is 0.0994 e. The molecule has 1 aromatic carbocycles. The van der Waals surface area contributed by atoms with E-state index in [9.17, 15) is 5.11 Å². The second-order valence-corrected chi connectivity index (χ2v) is 6.82. The minimum absolute atomic E-state index is 0.601. The molecule has 20 heavy (non-hydrogen) atoms. The van der Waals surface area contributed by atoms with E-state index in [4.69, 9.17) is 0 Å². The van der Waals surface area contributed by atoms with E-state index in [1.807, 2.05) is 37.3 Å². The van der Waals surface area contributed by atoms with E-state index in [1.54, 1.807) is 0 Å². The lowest BCUT2D eigenvalue weighted by Crippen LogP contribution is -2.50. The van der Waals surface area contributed by atoms with Crippen molar-refractivity contribution in [2.24, 2.45) is 0 Å². The number of benzene rings is 1. The number of rotatable bonds is 4. The third-order valence-corrected chi connectivity index (χ3v) is 5.02. The molecule has 0 spiro atoms. The summed E-state index contributed by atoms with van der Waals surface area (Å²) in [6.07, 6.45) is 5.09. The SMILES string of the molecule is CN(CC(C)(O)c1ccccc1)C1CC2CCC(C1)N2. The van der Waals surface area contributed by atoms with Crippen LogP contribution in [-0.4, -0.2) is 41.7 Å². The largest absolute Gasteiger partial charge is 0.384 e. The Balaban J connectivity index is 1.65. The number of aliphatic hydroxyl groups is 1. The highest BCUT2D eigenvalue weighted by molar-refractivity contribution is 5.21. The molecule has 3 heteroatoms. The molecule has 3 rings (SSSR count). The molecule has 2 aliphatic heterocycles. The second-order valence-electron chi connectivity index (χ2n) is 6.82. The molecule has 2 bridgehead atoms. The number of piperidine rings is 1. The van der Waals surface area contributed by atoms with Gasteiger partial charge in [-0.15, -0.1) is 0 Å². The van der Waals surface area contributed by atoms with Crippen molar-refractivity contribution in [1.29, 1.82) is 0 Å². The molecule has 2 fully saturated rings. The third kappa shape index (κ3) is 2.90. The average Bonchev–Trinajstić information content (AvgIpc) is 2.78. The van der Waals surface area contributed by atoms with Crippen molar-refractivity contribution in [2.45, 2.75) is 56.3 Å². The van der Waals surface area contributed by atoms with Crippen molar-refractivity contribution >= 4 is 0 Å². The van der Waals surface area contributed by atoms with E-state index in [-0.39, 0.29) is 0 Å². The minimum atomic E-state index is -0.778. The predicted molar refractivity (Wildman–Crippen MR) is 81.6 cm³/mol. The van der Waals surface area contributed by atoms with Gasteiger partial charge >= 0.3 is 0 Å². The summed E-state index contributed by atoms with van der Waals surface area (Å²) in [6.45, 7) is 2.62. The van der Waals surface area contributed by atoms with Gasteiger partial charge in [0.05, 0.1) is 5.60 Å². The van der Waals surface area contributed by atoms with E-state index in [0.717, 1.165) is 5.56 Å². The summed E-state index contributed by atoms with van der Waals surface area (Å²) in [5.41, 5.74) is 0.226. The molecule has 2 heterocycles. The van der Waals surface area contributed by atoms with Crippen LogP contribution in [0.15, 0.2) is 30.3 Å². The Labute approximate surface area is 122 Å². The van der Waals surface area contributed by atoms with Gasteiger partial charge in [-0.25, -0.2) is 0 Å². The van der Waals surface area contributed by atoms with Gasteiger partial charge in [0.15, 0.2) is 0 Å². The minimum Gasteiger partial charge on any atom is -0.384 e. The maximum absolute atomic E-state index is 10.8. The van der Waals surface area contributed by atoms with Crippen LogP contribution in [0.3, 0.4) is 0 Å². The Bertz CT molecular complexity index is 434. The molecular formula is C17H26N2O. The first kappa shape index (κ1) is 14.1. The molecule has 1 aromatic rings. The van der Waals surface area contributed by atoms with Crippen molar-refractivity contribution in [2.75, 3.05) is 13.6 Å². The summed E-state index contributed by atoms with van der Waals surface area (Å²) in [5, 5.41) is 14.5. The van der Waals surface area contributed by atoms with Crippen LogP contribution in [0.5, 0.6) is 0 Å². The van der Waals surface area contributed by atoms with E-state index in [2.05, 4.69) is 17.3 Å². The fourth-order valence-corrected chi connectivity index (χ4v) is 3.89. The number of nitrogens with one attached hydrogen (secondary N) is 1. The van der Waals surface area contributed by atoms with Crippen LogP contribution >= 0.6 is 0 Å². The summed E-state index contributed by atoms with van der Waals surface area (Å²) in [7, 11) is 2.16. The predicted octanol–water partition coefficient (Wildman–Crippen LogP) is 2.11. The summed E-state index contributed by atoms with van der Waals surface area (Å²) in [5.74, 6) is 0. The van der Waals surface area contributed by atoms with Gasteiger partial charge in [0.2, 0.25) is 0 Å². The van der Waals surface area contributed by atoms with E-state index >= 15 is 0 Å². The van der Waals surface area contributed by atoms with Crippen LogP contribution in [0.2, 0.25) is 0 Å². The molecular weight excluding hydrogens is 248 g/mol. The third-order valence-electron chi connectivity index (χ3n) is 5.02. The molecule has 0 amide bonds. The van der Waals surface area contributed by atoms with Crippen LogP contribution in [0.1, 0.15) is 38.2 Å². The van der Waals surface area contributed by atoms with Gasteiger partial charge in [0.25, 0.3) is 0 Å². The first-order valence-corrected chi connectivity index (χ1v) is 7.79. The lowest BCUT2D eigenvalue weighted by Gasteiger charge is -2.39. The van der Waals surface area contributed by atoms with Gasteiger partial charge in [0.1, 0.15) is 0 Å². The maximum atomic E-state index is 10.8. The highest BCUT2D eigenvalue weighted by atomic mass is 16.3. The van der Waals surface area contributed by atoms with Gasteiger partial charge in [0, 0.05) is 24.7 Å². The second kappa shape index (κ2) is 5.47. The van der Waals surface area contributed by atoms with Gasteiger partial charge in [-0.2, -0.15) is 0 Å². The molecule has 3 nitrogen and oxygen atoms in total. The van der Waals surface area contributed by atoms with Crippen LogP contribution in [0, 0.1) is 0 Å². The number of nitrogens with zero attached hydrogens (tertiary/aromatic N) is 1. The summed E-state index contributed by atoms with van der Waals surface area (Å²) in [4.78, 5) is 2.36. The van der Waals surface area contributed by atoms with Crippen LogP contribution in [0.4, 0.5) is 0 Å². The summed E-state index contributed by atoms with van der Waals surface area (Å²) in [6, 6.07) is 12.0.